The van der Waals surface area contributed by atoms with Gasteiger partial charge in [-0.05, 0) is 36.8 Å². The highest BCUT2D eigenvalue weighted by atomic mass is 16.5. The summed E-state index contributed by atoms with van der Waals surface area (Å²) in [5.41, 5.74) is 1.42. The maximum absolute atomic E-state index is 5.48. The lowest BCUT2D eigenvalue weighted by atomic mass is 9.86. The van der Waals surface area contributed by atoms with Crippen LogP contribution in [-0.4, -0.2) is 13.2 Å². The topological polar surface area (TPSA) is 25.8 Å². The summed E-state index contributed by atoms with van der Waals surface area (Å²) in [7, 11) is 1.75. The number of nitrogens with two attached hydrogens (primary N) is 1. The van der Waals surface area contributed by atoms with Crippen LogP contribution in [0.15, 0.2) is 36.4 Å². The number of quaternary nitrogens is 1. The Morgan fingerprint density at radius 1 is 1.05 bits per heavy atom. The van der Waals surface area contributed by atoms with Crippen molar-refractivity contribution in [2.24, 2.45) is 5.92 Å². The van der Waals surface area contributed by atoms with Crippen molar-refractivity contribution in [3.05, 3.63) is 42.0 Å². The molecule has 3 rings (SSSR count). The average Bonchev–Trinajstić information content (AvgIpc) is 2.54. The number of methoxy groups -OCH3 is 1. The van der Waals surface area contributed by atoms with Gasteiger partial charge in [0.05, 0.1) is 13.2 Å². The summed E-state index contributed by atoms with van der Waals surface area (Å²) in [4.78, 5) is 0. The van der Waals surface area contributed by atoms with E-state index in [1.165, 1.54) is 42.0 Å². The van der Waals surface area contributed by atoms with E-state index in [4.69, 9.17) is 4.74 Å². The molecule has 0 saturated heterocycles. The van der Waals surface area contributed by atoms with Gasteiger partial charge in [0.2, 0.25) is 0 Å². The summed E-state index contributed by atoms with van der Waals surface area (Å²) in [6, 6.07) is 13.7. The van der Waals surface area contributed by atoms with Crippen molar-refractivity contribution in [1.29, 1.82) is 0 Å². The molecule has 0 amide bonds. The lowest BCUT2D eigenvalue weighted by molar-refractivity contribution is -0.712. The van der Waals surface area contributed by atoms with Crippen LogP contribution in [-0.2, 0) is 6.54 Å². The van der Waals surface area contributed by atoms with E-state index in [9.17, 15) is 0 Å². The first-order valence-electron chi connectivity index (χ1n) is 8.17. The second kappa shape index (κ2) is 6.48. The molecular formula is C19H26NO+. The third kappa shape index (κ3) is 3.06. The van der Waals surface area contributed by atoms with Crippen LogP contribution in [0.5, 0.6) is 5.75 Å². The van der Waals surface area contributed by atoms with Gasteiger partial charge >= 0.3 is 0 Å². The highest BCUT2D eigenvalue weighted by Crippen LogP contribution is 2.28. The molecule has 0 heterocycles. The number of benzene rings is 2. The molecule has 0 unspecified atom stereocenters. The molecule has 0 bridgehead atoms. The van der Waals surface area contributed by atoms with Crippen molar-refractivity contribution in [1.82, 2.24) is 0 Å². The summed E-state index contributed by atoms with van der Waals surface area (Å²) in [5, 5.41) is 5.11. The Morgan fingerprint density at radius 2 is 1.81 bits per heavy atom. The first-order chi connectivity index (χ1) is 10.3. The molecule has 1 aliphatic rings. The molecule has 2 atom stereocenters. The number of hydrogen-bond acceptors (Lipinski definition) is 1. The first-order valence-corrected chi connectivity index (χ1v) is 8.17. The van der Waals surface area contributed by atoms with E-state index in [2.05, 4.69) is 48.6 Å². The zero-order valence-electron chi connectivity index (χ0n) is 13.1. The van der Waals surface area contributed by atoms with Gasteiger partial charge < -0.3 is 10.1 Å². The summed E-state index contributed by atoms with van der Waals surface area (Å²) in [6.45, 7) is 3.48. The Bertz CT molecular complexity index is 608. The molecule has 2 nitrogen and oxygen atoms in total. The predicted molar refractivity (Wildman–Crippen MR) is 87.5 cm³/mol. The number of fused-ring (bicyclic) bond motifs is 1. The summed E-state index contributed by atoms with van der Waals surface area (Å²) < 4.78 is 5.48. The predicted octanol–water partition coefficient (Wildman–Crippen LogP) is 3.49. The van der Waals surface area contributed by atoms with E-state index >= 15 is 0 Å². The molecular weight excluding hydrogens is 258 g/mol. The molecule has 1 aliphatic carbocycles. The van der Waals surface area contributed by atoms with Crippen LogP contribution < -0.4 is 10.1 Å². The molecule has 2 aromatic rings. The largest absolute Gasteiger partial charge is 0.496 e. The van der Waals surface area contributed by atoms with Gasteiger partial charge in [0, 0.05) is 16.9 Å². The fourth-order valence-electron chi connectivity index (χ4n) is 3.66. The van der Waals surface area contributed by atoms with Crippen LogP contribution in [0.3, 0.4) is 0 Å². The Labute approximate surface area is 127 Å². The molecule has 21 heavy (non-hydrogen) atoms. The standard InChI is InChI=1S/C19H25NO/c1-14-7-3-6-10-18(14)20-13-15-11-12-19(21-2)17-9-5-4-8-16(15)17/h4-5,8-9,11-12,14,18,20H,3,6-7,10,13H2,1-2H3/p+1/t14-,18+/m0/s1. The highest BCUT2D eigenvalue weighted by molar-refractivity contribution is 5.90. The van der Waals surface area contributed by atoms with Crippen LogP contribution in [0.4, 0.5) is 0 Å². The molecule has 1 fully saturated rings. The maximum Gasteiger partial charge on any atom is 0.126 e. The fraction of sp³-hybridized carbons (Fsp3) is 0.474. The number of rotatable bonds is 4. The van der Waals surface area contributed by atoms with Gasteiger partial charge in [-0.1, -0.05) is 37.6 Å². The van der Waals surface area contributed by atoms with Crippen LogP contribution in [0.1, 0.15) is 38.2 Å². The first kappa shape index (κ1) is 14.4. The third-order valence-electron chi connectivity index (χ3n) is 5.01. The number of ether oxygens (including phenoxy) is 1. The van der Waals surface area contributed by atoms with E-state index in [-0.39, 0.29) is 0 Å². The molecule has 2 heteroatoms. The Hall–Kier alpha value is -1.54. The average molecular weight is 284 g/mol. The minimum Gasteiger partial charge on any atom is -0.496 e. The maximum atomic E-state index is 5.48. The highest BCUT2D eigenvalue weighted by Gasteiger charge is 2.24. The monoisotopic (exact) mass is 284 g/mol. The Balaban J connectivity index is 1.81. The zero-order valence-corrected chi connectivity index (χ0v) is 13.1. The third-order valence-corrected chi connectivity index (χ3v) is 5.01. The van der Waals surface area contributed by atoms with E-state index in [0.29, 0.717) is 0 Å². The van der Waals surface area contributed by atoms with Gasteiger partial charge in [-0.2, -0.15) is 0 Å². The van der Waals surface area contributed by atoms with Crippen molar-refractivity contribution < 1.29 is 10.1 Å². The normalized spacial score (nSPS) is 22.4. The lowest BCUT2D eigenvalue weighted by Crippen LogP contribution is -2.90. The van der Waals surface area contributed by atoms with E-state index < -0.39 is 0 Å². The van der Waals surface area contributed by atoms with Crippen LogP contribution in [0.25, 0.3) is 10.8 Å². The van der Waals surface area contributed by atoms with Crippen molar-refractivity contribution in [3.63, 3.8) is 0 Å². The lowest BCUT2D eigenvalue weighted by Gasteiger charge is -2.26. The Kier molecular flexibility index (Phi) is 4.45. The van der Waals surface area contributed by atoms with E-state index in [0.717, 1.165) is 24.3 Å². The molecule has 0 aromatic heterocycles. The molecule has 2 aromatic carbocycles. The SMILES string of the molecule is COc1ccc(C[NH2+][C@@H]2CCCC[C@@H]2C)c2ccccc12. The molecule has 0 spiro atoms. The van der Waals surface area contributed by atoms with Gasteiger partial charge in [-0.15, -0.1) is 0 Å². The minimum absolute atomic E-state index is 0.791. The minimum atomic E-state index is 0.791. The van der Waals surface area contributed by atoms with Gasteiger partial charge in [0.1, 0.15) is 12.3 Å². The van der Waals surface area contributed by atoms with E-state index in [1.54, 1.807) is 7.11 Å². The molecule has 0 radical (unpaired) electrons. The van der Waals surface area contributed by atoms with Gasteiger partial charge in [-0.3, -0.25) is 0 Å². The van der Waals surface area contributed by atoms with Crippen LogP contribution in [0.2, 0.25) is 0 Å². The van der Waals surface area contributed by atoms with Gasteiger partial charge in [0.15, 0.2) is 0 Å². The number of hydrogen-bond donors (Lipinski definition) is 1. The smallest absolute Gasteiger partial charge is 0.126 e. The van der Waals surface area contributed by atoms with Gasteiger partial charge in [-0.25, -0.2) is 0 Å². The second-order valence-electron chi connectivity index (χ2n) is 6.34. The molecule has 1 saturated carbocycles. The van der Waals surface area contributed by atoms with Crippen molar-refractivity contribution in [2.45, 2.75) is 45.2 Å². The quantitative estimate of drug-likeness (QED) is 0.913. The molecule has 0 aliphatic heterocycles. The second-order valence-corrected chi connectivity index (χ2v) is 6.34. The van der Waals surface area contributed by atoms with Crippen molar-refractivity contribution in [3.8, 4) is 5.75 Å². The van der Waals surface area contributed by atoms with Crippen molar-refractivity contribution >= 4 is 10.8 Å². The van der Waals surface area contributed by atoms with Crippen LogP contribution >= 0.6 is 0 Å². The molecule has 112 valence electrons. The summed E-state index contributed by atoms with van der Waals surface area (Å²) >= 11 is 0. The summed E-state index contributed by atoms with van der Waals surface area (Å²) in [5.74, 6) is 1.82. The van der Waals surface area contributed by atoms with Gasteiger partial charge in [0.25, 0.3) is 0 Å². The van der Waals surface area contributed by atoms with E-state index in [1.807, 2.05) is 0 Å². The van der Waals surface area contributed by atoms with Crippen molar-refractivity contribution in [2.75, 3.05) is 7.11 Å². The summed E-state index contributed by atoms with van der Waals surface area (Å²) in [6.07, 6.45) is 5.58. The van der Waals surface area contributed by atoms with Crippen LogP contribution in [0, 0.1) is 5.92 Å². The fourth-order valence-corrected chi connectivity index (χ4v) is 3.66. The Morgan fingerprint density at radius 3 is 2.57 bits per heavy atom. The molecule has 2 N–H and O–H groups in total. The zero-order chi connectivity index (χ0) is 14.7.